The molecule has 0 atom stereocenters. The van der Waals surface area contributed by atoms with Gasteiger partial charge in [0.1, 0.15) is 6.20 Å². The summed E-state index contributed by atoms with van der Waals surface area (Å²) in [5.41, 5.74) is 6.09. The Hall–Kier alpha value is -0.900. The van der Waals surface area contributed by atoms with E-state index in [4.69, 9.17) is 5.73 Å². The molecule has 0 aliphatic heterocycles. The van der Waals surface area contributed by atoms with E-state index in [1.807, 2.05) is 0 Å². The van der Waals surface area contributed by atoms with Crippen molar-refractivity contribution in [2.75, 3.05) is 6.54 Å². The Morgan fingerprint density at radius 2 is 2.62 bits per heavy atom. The SMILES string of the molecule is NCCc1[c]nn[nH]1. The van der Waals surface area contributed by atoms with Crippen molar-refractivity contribution in [2.45, 2.75) is 6.42 Å². The molecule has 0 aliphatic rings. The first-order valence-corrected chi connectivity index (χ1v) is 2.41. The molecule has 1 rings (SSSR count). The van der Waals surface area contributed by atoms with Crippen LogP contribution in [0, 0.1) is 6.20 Å². The molecule has 1 heterocycles. The summed E-state index contributed by atoms with van der Waals surface area (Å²) in [7, 11) is 0. The summed E-state index contributed by atoms with van der Waals surface area (Å²) in [5, 5.41) is 9.55. The van der Waals surface area contributed by atoms with Crippen LogP contribution in [-0.4, -0.2) is 22.0 Å². The van der Waals surface area contributed by atoms with Gasteiger partial charge >= 0.3 is 0 Å². The zero-order valence-corrected chi connectivity index (χ0v) is 4.39. The molecular formula is C4H7N4. The van der Waals surface area contributed by atoms with Gasteiger partial charge in [0.05, 0.1) is 5.69 Å². The Bertz CT molecular complexity index is 134. The maximum atomic E-state index is 5.22. The van der Waals surface area contributed by atoms with Crippen LogP contribution in [0.3, 0.4) is 0 Å². The summed E-state index contributed by atoms with van der Waals surface area (Å²) in [5.74, 6) is 0. The Morgan fingerprint density at radius 1 is 1.75 bits per heavy atom. The fraction of sp³-hybridized carbons (Fsp3) is 0.500. The number of rotatable bonds is 2. The lowest BCUT2D eigenvalue weighted by Crippen LogP contribution is -2.02. The predicted molar refractivity (Wildman–Crippen MR) is 28.0 cm³/mol. The Labute approximate surface area is 47.1 Å². The third kappa shape index (κ3) is 1.04. The molecule has 0 aliphatic carbocycles. The molecule has 1 radical (unpaired) electrons. The highest BCUT2D eigenvalue weighted by molar-refractivity contribution is 4.87. The van der Waals surface area contributed by atoms with Crippen LogP contribution in [0.5, 0.6) is 0 Å². The molecule has 43 valence electrons. The van der Waals surface area contributed by atoms with Gasteiger partial charge in [-0.25, -0.2) is 0 Å². The van der Waals surface area contributed by atoms with Crippen molar-refractivity contribution in [2.24, 2.45) is 5.73 Å². The van der Waals surface area contributed by atoms with Crippen LogP contribution in [0.4, 0.5) is 0 Å². The Morgan fingerprint density at radius 3 is 3.12 bits per heavy atom. The highest BCUT2D eigenvalue weighted by Crippen LogP contribution is 1.84. The molecule has 0 spiro atoms. The van der Waals surface area contributed by atoms with Crippen LogP contribution in [-0.2, 0) is 6.42 Å². The highest BCUT2D eigenvalue weighted by Gasteiger charge is 1.89. The van der Waals surface area contributed by atoms with Crippen molar-refractivity contribution in [3.05, 3.63) is 11.9 Å². The third-order valence-corrected chi connectivity index (χ3v) is 0.814. The molecule has 0 fully saturated rings. The molecule has 3 N–H and O–H groups in total. The van der Waals surface area contributed by atoms with Crippen LogP contribution in [0.25, 0.3) is 0 Å². The summed E-state index contributed by atoms with van der Waals surface area (Å²) in [4.78, 5) is 0. The van der Waals surface area contributed by atoms with Gasteiger partial charge in [-0.1, -0.05) is 5.21 Å². The van der Waals surface area contributed by atoms with E-state index in [2.05, 4.69) is 21.6 Å². The Kier molecular flexibility index (Phi) is 1.58. The fourth-order valence-corrected chi connectivity index (χ4v) is 0.452. The molecule has 0 bridgehead atoms. The van der Waals surface area contributed by atoms with Gasteiger partial charge in [-0.15, -0.1) is 5.10 Å². The van der Waals surface area contributed by atoms with E-state index in [0.717, 1.165) is 12.1 Å². The highest BCUT2D eigenvalue weighted by atomic mass is 15.3. The minimum Gasteiger partial charge on any atom is -0.330 e. The number of aromatic amines is 1. The van der Waals surface area contributed by atoms with Crippen LogP contribution in [0.1, 0.15) is 5.69 Å². The average molecular weight is 111 g/mol. The van der Waals surface area contributed by atoms with Crippen LogP contribution in [0.15, 0.2) is 0 Å². The van der Waals surface area contributed by atoms with E-state index in [0.29, 0.717) is 6.54 Å². The first-order chi connectivity index (χ1) is 3.93. The molecule has 0 unspecified atom stereocenters. The minimum atomic E-state index is 0.611. The zero-order chi connectivity index (χ0) is 5.82. The second-order valence-corrected chi connectivity index (χ2v) is 1.44. The number of aromatic nitrogens is 3. The standard InChI is InChI=1S/C4H7N4/c5-2-1-4-3-6-8-7-4/h1-2,5H2,(H,6,7,8). The number of hydrogen-bond acceptors (Lipinski definition) is 3. The van der Waals surface area contributed by atoms with E-state index in [-0.39, 0.29) is 0 Å². The van der Waals surface area contributed by atoms with Crippen molar-refractivity contribution in [1.29, 1.82) is 0 Å². The van der Waals surface area contributed by atoms with Gasteiger partial charge < -0.3 is 5.73 Å². The molecule has 4 nitrogen and oxygen atoms in total. The summed E-state index contributed by atoms with van der Waals surface area (Å²) in [6, 6.07) is 0. The second-order valence-electron chi connectivity index (χ2n) is 1.44. The zero-order valence-electron chi connectivity index (χ0n) is 4.39. The van der Waals surface area contributed by atoms with Crippen LogP contribution >= 0.6 is 0 Å². The van der Waals surface area contributed by atoms with Crippen LogP contribution < -0.4 is 5.73 Å². The summed E-state index contributed by atoms with van der Waals surface area (Å²) >= 11 is 0. The van der Waals surface area contributed by atoms with E-state index in [9.17, 15) is 0 Å². The lowest BCUT2D eigenvalue weighted by Gasteiger charge is -1.84. The van der Waals surface area contributed by atoms with Gasteiger partial charge in [-0.2, -0.15) is 0 Å². The Balaban J connectivity index is 2.50. The third-order valence-electron chi connectivity index (χ3n) is 0.814. The number of nitrogens with two attached hydrogens (primary N) is 1. The van der Waals surface area contributed by atoms with Crippen molar-refractivity contribution >= 4 is 0 Å². The van der Waals surface area contributed by atoms with Gasteiger partial charge in [-0.05, 0) is 6.54 Å². The van der Waals surface area contributed by atoms with Crippen molar-refractivity contribution in [3.63, 3.8) is 0 Å². The van der Waals surface area contributed by atoms with Crippen molar-refractivity contribution < 1.29 is 0 Å². The molecule has 0 amide bonds. The summed E-state index contributed by atoms with van der Waals surface area (Å²) in [6.07, 6.45) is 3.41. The van der Waals surface area contributed by atoms with Gasteiger partial charge in [0.15, 0.2) is 0 Å². The maximum Gasteiger partial charge on any atom is 0.138 e. The normalized spacial score (nSPS) is 9.62. The molecule has 1 aromatic rings. The fourth-order valence-electron chi connectivity index (χ4n) is 0.452. The van der Waals surface area contributed by atoms with Gasteiger partial charge in [-0.3, -0.25) is 5.10 Å². The number of H-pyrrole nitrogens is 1. The smallest absolute Gasteiger partial charge is 0.138 e. The lowest BCUT2D eigenvalue weighted by atomic mass is 10.3. The molecule has 0 saturated heterocycles. The maximum absolute atomic E-state index is 5.22. The van der Waals surface area contributed by atoms with E-state index < -0.39 is 0 Å². The number of hydrogen-bond donors (Lipinski definition) is 2. The van der Waals surface area contributed by atoms with Crippen LogP contribution in [0.2, 0.25) is 0 Å². The molecule has 1 aromatic heterocycles. The largest absolute Gasteiger partial charge is 0.330 e. The predicted octanol–water partition coefficient (Wildman–Crippen LogP) is -0.894. The quantitative estimate of drug-likeness (QED) is 0.520. The number of nitrogens with zero attached hydrogens (tertiary/aromatic N) is 2. The summed E-state index contributed by atoms with van der Waals surface area (Å²) in [6.45, 7) is 0.611. The lowest BCUT2D eigenvalue weighted by molar-refractivity contribution is 0.877. The second kappa shape index (κ2) is 2.42. The molecule has 0 saturated carbocycles. The molecule has 8 heavy (non-hydrogen) atoms. The first kappa shape index (κ1) is 5.24. The molecular weight excluding hydrogens is 104 g/mol. The van der Waals surface area contributed by atoms with E-state index in [1.165, 1.54) is 0 Å². The minimum absolute atomic E-state index is 0.611. The number of nitrogens with one attached hydrogen (secondary N) is 1. The van der Waals surface area contributed by atoms with E-state index in [1.54, 1.807) is 0 Å². The molecule has 4 heteroatoms. The van der Waals surface area contributed by atoms with Gasteiger partial charge in [0.25, 0.3) is 0 Å². The van der Waals surface area contributed by atoms with Crippen molar-refractivity contribution in [1.82, 2.24) is 15.4 Å². The molecule has 0 aromatic carbocycles. The average Bonchev–Trinajstić information content (AvgIpc) is 2.19. The first-order valence-electron chi connectivity index (χ1n) is 2.41. The topological polar surface area (TPSA) is 67.6 Å². The summed E-state index contributed by atoms with van der Waals surface area (Å²) < 4.78 is 0. The van der Waals surface area contributed by atoms with Gasteiger partial charge in [0, 0.05) is 6.42 Å². The van der Waals surface area contributed by atoms with Gasteiger partial charge in [0.2, 0.25) is 0 Å². The van der Waals surface area contributed by atoms with Crippen molar-refractivity contribution in [3.8, 4) is 0 Å². The monoisotopic (exact) mass is 111 g/mol. The van der Waals surface area contributed by atoms with E-state index >= 15 is 0 Å².